The number of anilines is 2. The zero-order valence-electron chi connectivity index (χ0n) is 27.6. The number of aliphatic hydroxyl groups excluding tert-OH is 1. The third-order valence-corrected chi connectivity index (χ3v) is 9.96. The zero-order valence-corrected chi connectivity index (χ0v) is 27.6. The monoisotopic (exact) mass is 627 g/mol. The van der Waals surface area contributed by atoms with Crippen LogP contribution in [0.2, 0.25) is 0 Å². The summed E-state index contributed by atoms with van der Waals surface area (Å²) in [4.78, 5) is 49.5. The summed E-state index contributed by atoms with van der Waals surface area (Å²) in [5.74, 6) is -1.88. The van der Waals surface area contributed by atoms with Crippen molar-refractivity contribution in [3.63, 3.8) is 0 Å². The average molecular weight is 628 g/mol. The Balaban J connectivity index is 1.48. The highest BCUT2D eigenvalue weighted by Crippen LogP contribution is 2.58. The lowest BCUT2D eigenvalue weighted by Gasteiger charge is -2.40. The fourth-order valence-corrected chi connectivity index (χ4v) is 8.02. The van der Waals surface area contributed by atoms with E-state index in [1.807, 2.05) is 108 Å². The number of carbonyl (C=O) groups is 3. The van der Waals surface area contributed by atoms with E-state index in [1.54, 1.807) is 14.7 Å². The van der Waals surface area contributed by atoms with Crippen LogP contribution in [-0.2, 0) is 19.1 Å². The lowest BCUT2D eigenvalue weighted by molar-refractivity contribution is -0.148. The first-order chi connectivity index (χ1) is 22.0. The molecule has 4 aliphatic heterocycles. The van der Waals surface area contributed by atoms with Crippen molar-refractivity contribution in [1.29, 1.82) is 0 Å². The van der Waals surface area contributed by atoms with Gasteiger partial charge in [0.15, 0.2) is 0 Å². The molecule has 0 aliphatic carbocycles. The van der Waals surface area contributed by atoms with E-state index < -0.39 is 35.1 Å². The van der Waals surface area contributed by atoms with E-state index in [0.717, 1.165) is 16.8 Å². The van der Waals surface area contributed by atoms with Gasteiger partial charge in [0.1, 0.15) is 17.4 Å². The third kappa shape index (κ3) is 5.04. The lowest BCUT2D eigenvalue weighted by Crippen LogP contribution is -2.59. The van der Waals surface area contributed by atoms with E-state index in [9.17, 15) is 19.5 Å². The van der Waals surface area contributed by atoms with E-state index >= 15 is 0 Å². The summed E-state index contributed by atoms with van der Waals surface area (Å²) in [6.45, 7) is 12.6. The van der Waals surface area contributed by atoms with Crippen LogP contribution in [-0.4, -0.2) is 77.3 Å². The highest BCUT2D eigenvalue weighted by Gasteiger charge is 2.75. The van der Waals surface area contributed by atoms with Gasteiger partial charge in [-0.05, 0) is 81.5 Å². The van der Waals surface area contributed by atoms with Gasteiger partial charge in [0.2, 0.25) is 11.8 Å². The second-order valence-electron chi connectivity index (χ2n) is 13.6. The molecular weight excluding hydrogens is 582 g/mol. The van der Waals surface area contributed by atoms with Crippen molar-refractivity contribution in [3.05, 3.63) is 77.9 Å². The number of hydrogen-bond acceptors (Lipinski definition) is 6. The number of ether oxygens (including phenoxy) is 2. The minimum Gasteiger partial charge on any atom is -0.494 e. The van der Waals surface area contributed by atoms with Crippen LogP contribution < -0.4 is 14.5 Å². The molecule has 244 valence electrons. The second kappa shape index (κ2) is 12.0. The van der Waals surface area contributed by atoms with Crippen LogP contribution in [0.15, 0.2) is 66.8 Å². The summed E-state index contributed by atoms with van der Waals surface area (Å²) in [7, 11) is 0. The Bertz CT molecular complexity index is 1580. The highest BCUT2D eigenvalue weighted by molar-refractivity contribution is 6.08. The van der Waals surface area contributed by atoms with Gasteiger partial charge in [0, 0.05) is 24.5 Å². The molecule has 0 bridgehead atoms. The van der Waals surface area contributed by atoms with Crippen molar-refractivity contribution in [2.75, 3.05) is 36.1 Å². The van der Waals surface area contributed by atoms with Gasteiger partial charge < -0.3 is 29.3 Å². The Morgan fingerprint density at radius 2 is 1.63 bits per heavy atom. The molecule has 4 aliphatic rings. The fourth-order valence-electron chi connectivity index (χ4n) is 8.02. The van der Waals surface area contributed by atoms with Gasteiger partial charge in [-0.2, -0.15) is 0 Å². The molecule has 0 aromatic heterocycles. The molecule has 9 heteroatoms. The van der Waals surface area contributed by atoms with Gasteiger partial charge in [-0.25, -0.2) is 0 Å². The predicted molar refractivity (Wildman–Crippen MR) is 177 cm³/mol. The van der Waals surface area contributed by atoms with Crippen molar-refractivity contribution in [3.8, 4) is 5.75 Å². The topological polar surface area (TPSA) is 99.6 Å². The fraction of sp³-hybridized carbons (Fsp3) is 0.486. The SMILES string of the molecule is CCOc1ccc(N2CC=C[C@@]3(C)O[C@]45C=CCN(c6cc(C)ccc6C)C(=O)C4N([C@@H](CO)CC(C)C)C(=O)[C@@H]5[C@H]3C2=O)cc1. The minimum absolute atomic E-state index is 0.150. The Labute approximate surface area is 271 Å². The lowest BCUT2D eigenvalue weighted by atomic mass is 9.74. The number of aliphatic hydroxyl groups is 1. The summed E-state index contributed by atoms with van der Waals surface area (Å²) in [6, 6.07) is 11.6. The van der Waals surface area contributed by atoms with Crippen LogP contribution in [0.4, 0.5) is 11.4 Å². The Hall–Kier alpha value is -3.95. The first-order valence-corrected chi connectivity index (χ1v) is 16.4. The number of hydrogen-bond donors (Lipinski definition) is 1. The molecule has 0 saturated carbocycles. The summed E-state index contributed by atoms with van der Waals surface area (Å²) in [6.07, 6.45) is 8.04. The van der Waals surface area contributed by atoms with Crippen molar-refractivity contribution in [2.45, 2.75) is 71.2 Å². The molecule has 3 amide bonds. The maximum Gasteiger partial charge on any atom is 0.253 e. The van der Waals surface area contributed by atoms with Crippen molar-refractivity contribution in [1.82, 2.24) is 4.90 Å². The smallest absolute Gasteiger partial charge is 0.253 e. The van der Waals surface area contributed by atoms with Crippen LogP contribution in [0.5, 0.6) is 5.75 Å². The number of benzene rings is 2. The summed E-state index contributed by atoms with van der Waals surface area (Å²) >= 11 is 0. The van der Waals surface area contributed by atoms with Crippen molar-refractivity contribution >= 4 is 29.1 Å². The largest absolute Gasteiger partial charge is 0.494 e. The van der Waals surface area contributed by atoms with Crippen LogP contribution in [0, 0.1) is 31.6 Å². The summed E-state index contributed by atoms with van der Waals surface area (Å²) in [5.41, 5.74) is 0.843. The van der Waals surface area contributed by atoms with Gasteiger partial charge in [-0.1, -0.05) is 50.3 Å². The Morgan fingerprint density at radius 3 is 2.30 bits per heavy atom. The van der Waals surface area contributed by atoms with E-state index in [0.29, 0.717) is 31.0 Å². The number of carbonyl (C=O) groups excluding carboxylic acids is 3. The molecule has 46 heavy (non-hydrogen) atoms. The molecule has 1 unspecified atom stereocenters. The van der Waals surface area contributed by atoms with E-state index in [1.165, 1.54) is 0 Å². The minimum atomic E-state index is -1.41. The maximum atomic E-state index is 14.9. The number of likely N-dealkylation sites (tertiary alicyclic amines) is 1. The van der Waals surface area contributed by atoms with E-state index in [-0.39, 0.29) is 36.8 Å². The molecule has 6 atom stereocenters. The van der Waals surface area contributed by atoms with Gasteiger partial charge in [-0.3, -0.25) is 14.4 Å². The summed E-state index contributed by atoms with van der Waals surface area (Å²) < 4.78 is 12.6. The third-order valence-electron chi connectivity index (χ3n) is 9.96. The van der Waals surface area contributed by atoms with E-state index in [2.05, 4.69) is 0 Å². The molecule has 4 heterocycles. The highest BCUT2D eigenvalue weighted by atomic mass is 16.5. The number of aryl methyl sites for hydroxylation is 2. The molecule has 1 N–H and O–H groups in total. The van der Waals surface area contributed by atoms with Crippen LogP contribution in [0.3, 0.4) is 0 Å². The van der Waals surface area contributed by atoms with E-state index in [4.69, 9.17) is 9.47 Å². The average Bonchev–Trinajstić information content (AvgIpc) is 3.29. The van der Waals surface area contributed by atoms with Crippen molar-refractivity contribution in [2.24, 2.45) is 17.8 Å². The number of rotatable bonds is 8. The predicted octanol–water partition coefficient (Wildman–Crippen LogP) is 4.59. The molecular formula is C37H45N3O6. The Kier molecular flexibility index (Phi) is 8.36. The zero-order chi connectivity index (χ0) is 33.0. The summed E-state index contributed by atoms with van der Waals surface area (Å²) in [5, 5.41) is 10.7. The number of amides is 3. The molecule has 9 nitrogen and oxygen atoms in total. The van der Waals surface area contributed by atoms with Crippen LogP contribution >= 0.6 is 0 Å². The molecule has 0 radical (unpaired) electrons. The molecule has 2 aromatic carbocycles. The molecule has 6 rings (SSSR count). The van der Waals surface area contributed by atoms with Crippen LogP contribution in [0.1, 0.15) is 45.2 Å². The Morgan fingerprint density at radius 1 is 0.935 bits per heavy atom. The molecule has 1 spiro atoms. The van der Waals surface area contributed by atoms with Gasteiger partial charge >= 0.3 is 0 Å². The number of nitrogens with zero attached hydrogens (tertiary/aromatic N) is 3. The van der Waals surface area contributed by atoms with Crippen molar-refractivity contribution < 1.29 is 29.0 Å². The molecule has 2 fully saturated rings. The van der Waals surface area contributed by atoms with Gasteiger partial charge in [0.05, 0.1) is 36.7 Å². The quantitative estimate of drug-likeness (QED) is 0.430. The normalized spacial score (nSPS) is 29.5. The first kappa shape index (κ1) is 32.0. The van der Waals surface area contributed by atoms with Gasteiger partial charge in [-0.15, -0.1) is 0 Å². The second-order valence-corrected chi connectivity index (χ2v) is 13.6. The standard InChI is InChI=1S/C37H45N3O6/c1-7-45-28-14-12-26(13-15-28)38-18-8-16-36(6)30(33(38)42)31-34(43)40(27(22-41)20-23(2)3)32-35(44)39(19-9-17-37(31,32)46-36)29-21-24(4)10-11-25(29)5/h8-17,21,23,27,30-32,41H,7,18-20,22H2,1-6H3/t27-,30+,31+,32?,36-,37+/m1/s1. The van der Waals surface area contributed by atoms with Gasteiger partial charge in [0.25, 0.3) is 5.91 Å². The van der Waals surface area contributed by atoms with Crippen LogP contribution in [0.25, 0.3) is 0 Å². The molecule has 2 saturated heterocycles. The molecule has 2 aromatic rings. The number of fused-ring (bicyclic) bond motifs is 2. The first-order valence-electron chi connectivity index (χ1n) is 16.4. The maximum absolute atomic E-state index is 14.9.